The first-order valence-corrected chi connectivity index (χ1v) is 7.52. The molecule has 2 aromatic rings. The summed E-state index contributed by atoms with van der Waals surface area (Å²) in [4.78, 5) is 15.4. The average molecular weight is 293 g/mol. The van der Waals surface area contributed by atoms with E-state index in [1.807, 2.05) is 0 Å². The third kappa shape index (κ3) is 3.30. The van der Waals surface area contributed by atoms with Crippen molar-refractivity contribution in [3.05, 3.63) is 18.3 Å². The van der Waals surface area contributed by atoms with E-state index in [0.29, 0.717) is 12.1 Å². The van der Waals surface area contributed by atoms with Crippen molar-refractivity contribution in [2.45, 2.75) is 52.6 Å². The highest BCUT2D eigenvalue weighted by Gasteiger charge is 2.14. The lowest BCUT2D eigenvalue weighted by Gasteiger charge is -2.30. The highest BCUT2D eigenvalue weighted by atomic mass is 32.1. The van der Waals surface area contributed by atoms with E-state index in [4.69, 9.17) is 0 Å². The van der Waals surface area contributed by atoms with Gasteiger partial charge in [0.05, 0.1) is 5.69 Å². The van der Waals surface area contributed by atoms with E-state index in [0.717, 1.165) is 36.2 Å². The molecule has 6 heteroatoms. The Morgan fingerprint density at radius 2 is 1.85 bits per heavy atom. The van der Waals surface area contributed by atoms with E-state index in [1.54, 1.807) is 16.6 Å². The van der Waals surface area contributed by atoms with Crippen molar-refractivity contribution in [1.29, 1.82) is 0 Å². The van der Waals surface area contributed by atoms with Crippen LogP contribution in [0, 0.1) is 0 Å². The van der Waals surface area contributed by atoms with Crippen LogP contribution in [0.1, 0.15) is 39.8 Å². The third-order valence-electron chi connectivity index (χ3n) is 3.55. The topological polar surface area (TPSA) is 46.8 Å². The second-order valence-electron chi connectivity index (χ2n) is 5.61. The van der Waals surface area contributed by atoms with E-state index < -0.39 is 0 Å². The van der Waals surface area contributed by atoms with Crippen LogP contribution < -0.4 is 0 Å². The monoisotopic (exact) mass is 293 g/mol. The van der Waals surface area contributed by atoms with Gasteiger partial charge in [-0.05, 0) is 47.1 Å². The van der Waals surface area contributed by atoms with E-state index in [9.17, 15) is 0 Å². The molecule has 20 heavy (non-hydrogen) atoms. The Hall–Kier alpha value is -1.14. The summed E-state index contributed by atoms with van der Waals surface area (Å²) in [5.74, 6) is 0. The largest absolute Gasteiger partial charge is 0.299 e. The molecule has 0 bridgehead atoms. The molecular formula is C14H23N5S. The highest BCUT2D eigenvalue weighted by molar-refractivity contribution is 7.78. The minimum atomic E-state index is 0.567. The van der Waals surface area contributed by atoms with Gasteiger partial charge >= 0.3 is 0 Å². The summed E-state index contributed by atoms with van der Waals surface area (Å²) in [5.41, 5.74) is 2.65. The van der Waals surface area contributed by atoms with Crippen molar-refractivity contribution >= 4 is 24.0 Å². The van der Waals surface area contributed by atoms with Crippen LogP contribution in [-0.4, -0.2) is 42.5 Å². The van der Waals surface area contributed by atoms with Gasteiger partial charge in [-0.2, -0.15) is 0 Å². The Labute approximate surface area is 126 Å². The van der Waals surface area contributed by atoms with Gasteiger partial charge in [-0.15, -0.1) is 0 Å². The van der Waals surface area contributed by atoms with E-state index in [-0.39, 0.29) is 0 Å². The maximum Gasteiger partial charge on any atom is 0.173 e. The summed E-state index contributed by atoms with van der Waals surface area (Å²) < 4.78 is 1.63. The fourth-order valence-corrected chi connectivity index (χ4v) is 2.79. The lowest BCUT2D eigenvalue weighted by Crippen LogP contribution is -2.37. The molecule has 0 N–H and O–H groups in total. The second kappa shape index (κ2) is 6.54. The minimum Gasteiger partial charge on any atom is -0.299 e. The fraction of sp³-hybridized carbons (Fsp3) is 0.643. The van der Waals surface area contributed by atoms with Gasteiger partial charge in [0.25, 0.3) is 0 Å². The molecule has 0 aliphatic rings. The Kier molecular flexibility index (Phi) is 4.99. The van der Waals surface area contributed by atoms with E-state index >= 15 is 0 Å². The molecular weight excluding hydrogens is 270 g/mol. The van der Waals surface area contributed by atoms with E-state index in [1.165, 1.54) is 0 Å². The SMILES string of the molecule is CC(C)N(CCCc1ncnc2c1ncn2S)C(C)C. The predicted molar refractivity (Wildman–Crippen MR) is 85.0 cm³/mol. The molecule has 0 aliphatic heterocycles. The van der Waals surface area contributed by atoms with Gasteiger partial charge in [-0.25, -0.2) is 15.0 Å². The Bertz CT molecular complexity index is 556. The molecule has 0 saturated carbocycles. The fourth-order valence-electron chi connectivity index (χ4n) is 2.60. The number of aryl methyl sites for hydroxylation is 1. The average Bonchev–Trinajstić information content (AvgIpc) is 2.76. The highest BCUT2D eigenvalue weighted by Crippen LogP contribution is 2.15. The van der Waals surface area contributed by atoms with Crippen molar-refractivity contribution in [2.75, 3.05) is 6.54 Å². The molecule has 0 saturated heterocycles. The molecule has 110 valence electrons. The molecule has 0 spiro atoms. The van der Waals surface area contributed by atoms with Gasteiger partial charge < -0.3 is 0 Å². The van der Waals surface area contributed by atoms with Crippen molar-refractivity contribution < 1.29 is 0 Å². The van der Waals surface area contributed by atoms with Gasteiger partial charge in [0.2, 0.25) is 0 Å². The first-order chi connectivity index (χ1) is 9.50. The van der Waals surface area contributed by atoms with Gasteiger partial charge in [0, 0.05) is 12.1 Å². The maximum atomic E-state index is 4.37. The van der Waals surface area contributed by atoms with Gasteiger partial charge in [-0.3, -0.25) is 8.87 Å². The zero-order valence-electron chi connectivity index (χ0n) is 12.6. The number of hydrogen-bond acceptors (Lipinski definition) is 5. The number of thiol groups is 1. The van der Waals surface area contributed by atoms with Gasteiger partial charge in [0.1, 0.15) is 18.2 Å². The lowest BCUT2D eigenvalue weighted by molar-refractivity contribution is 0.173. The summed E-state index contributed by atoms with van der Waals surface area (Å²) in [6.07, 6.45) is 5.25. The Morgan fingerprint density at radius 1 is 1.15 bits per heavy atom. The molecule has 0 atom stereocenters. The minimum absolute atomic E-state index is 0.567. The summed E-state index contributed by atoms with van der Waals surface area (Å²) in [5, 5.41) is 0. The standard InChI is InChI=1S/C14H23N5S/c1-10(2)18(11(3)4)7-5-6-12-13-14(16-8-15-12)19(20)9-17-13/h8-11,20H,5-7H2,1-4H3. The molecule has 0 aromatic carbocycles. The molecule has 0 radical (unpaired) electrons. The van der Waals surface area contributed by atoms with E-state index in [2.05, 4.69) is 60.4 Å². The summed E-state index contributed by atoms with van der Waals surface area (Å²) in [6.45, 7) is 10.0. The number of nitrogens with zero attached hydrogens (tertiary/aromatic N) is 5. The van der Waals surface area contributed by atoms with Crippen LogP contribution in [0.15, 0.2) is 12.7 Å². The summed E-state index contributed by atoms with van der Waals surface area (Å²) in [7, 11) is 0. The molecule has 0 aliphatic carbocycles. The van der Waals surface area contributed by atoms with Crippen LogP contribution in [0.2, 0.25) is 0 Å². The number of fused-ring (bicyclic) bond motifs is 1. The summed E-state index contributed by atoms with van der Waals surface area (Å²) in [6, 6.07) is 1.13. The lowest BCUT2D eigenvalue weighted by atomic mass is 10.1. The quantitative estimate of drug-likeness (QED) is 0.832. The first kappa shape index (κ1) is 15.3. The van der Waals surface area contributed by atoms with Crippen LogP contribution in [0.25, 0.3) is 11.2 Å². The third-order valence-corrected chi connectivity index (χ3v) is 3.84. The van der Waals surface area contributed by atoms with Crippen molar-refractivity contribution in [1.82, 2.24) is 23.8 Å². The molecule has 2 heterocycles. The van der Waals surface area contributed by atoms with Crippen molar-refractivity contribution in [3.8, 4) is 0 Å². The maximum absolute atomic E-state index is 4.37. The van der Waals surface area contributed by atoms with Crippen molar-refractivity contribution in [2.24, 2.45) is 0 Å². The Balaban J connectivity index is 2.03. The van der Waals surface area contributed by atoms with Crippen LogP contribution >= 0.6 is 12.8 Å². The molecule has 5 nitrogen and oxygen atoms in total. The molecule has 0 fully saturated rings. The number of imidazole rings is 1. The molecule has 0 amide bonds. The number of hydrogen-bond donors (Lipinski definition) is 1. The molecule has 0 unspecified atom stereocenters. The molecule has 2 aromatic heterocycles. The predicted octanol–water partition coefficient (Wildman–Crippen LogP) is 2.57. The Morgan fingerprint density at radius 3 is 2.50 bits per heavy atom. The number of aromatic nitrogens is 4. The van der Waals surface area contributed by atoms with Crippen LogP contribution in [0.5, 0.6) is 0 Å². The molecule has 2 rings (SSSR count). The van der Waals surface area contributed by atoms with Crippen molar-refractivity contribution in [3.63, 3.8) is 0 Å². The number of rotatable bonds is 6. The van der Waals surface area contributed by atoms with Crippen LogP contribution in [-0.2, 0) is 6.42 Å². The van der Waals surface area contributed by atoms with Gasteiger partial charge in [0.15, 0.2) is 5.65 Å². The van der Waals surface area contributed by atoms with Crippen LogP contribution in [0.4, 0.5) is 0 Å². The first-order valence-electron chi connectivity index (χ1n) is 7.12. The zero-order valence-corrected chi connectivity index (χ0v) is 13.5. The van der Waals surface area contributed by atoms with Gasteiger partial charge in [-0.1, -0.05) is 12.8 Å². The summed E-state index contributed by atoms with van der Waals surface area (Å²) >= 11 is 4.28. The zero-order chi connectivity index (χ0) is 14.7. The normalized spacial score (nSPS) is 12.2. The smallest absolute Gasteiger partial charge is 0.173 e. The van der Waals surface area contributed by atoms with Crippen LogP contribution in [0.3, 0.4) is 0 Å². The second-order valence-corrected chi connectivity index (χ2v) is 6.04.